The summed E-state index contributed by atoms with van der Waals surface area (Å²) in [6, 6.07) is 3.10. The highest BCUT2D eigenvalue weighted by atomic mass is 14.8. The summed E-state index contributed by atoms with van der Waals surface area (Å²) in [6.45, 7) is 0. The van der Waals surface area contributed by atoms with Crippen LogP contribution in [0, 0.1) is 0 Å². The molecule has 1 heterocycles. The maximum absolute atomic E-state index is 5.36. The summed E-state index contributed by atoms with van der Waals surface area (Å²) >= 11 is 0. The Morgan fingerprint density at radius 3 is 2.44 bits per heavy atom. The molecule has 0 aliphatic rings. The zero-order chi connectivity index (χ0) is 6.85. The van der Waals surface area contributed by atoms with Gasteiger partial charge in [-0.3, -0.25) is 0 Å². The first-order valence-corrected chi connectivity index (χ1v) is 2.47. The van der Waals surface area contributed by atoms with Gasteiger partial charge < -0.3 is 5.73 Å². The van der Waals surface area contributed by atoms with E-state index in [0.717, 1.165) is 0 Å². The zero-order valence-corrected chi connectivity index (χ0v) is 4.83. The fourth-order valence-electron chi connectivity index (χ4n) is 0.597. The molecule has 0 bridgehead atoms. The van der Waals surface area contributed by atoms with Crippen LogP contribution in [0.4, 0.5) is 5.82 Å². The van der Waals surface area contributed by atoms with Gasteiger partial charge in [0, 0.05) is 0 Å². The van der Waals surface area contributed by atoms with Crippen LogP contribution in [-0.4, -0.2) is 20.7 Å². The molecule has 0 fully saturated rings. The molecule has 9 heavy (non-hydrogen) atoms. The van der Waals surface area contributed by atoms with E-state index < -0.39 is 0 Å². The summed E-state index contributed by atoms with van der Waals surface area (Å²) in [5.41, 5.74) is 6.18. The highest BCUT2D eigenvalue weighted by molar-refractivity contribution is 6.37. The van der Waals surface area contributed by atoms with Crippen LogP contribution in [0.15, 0.2) is 12.1 Å². The Balaban J connectivity index is 3.17. The third-order valence-electron chi connectivity index (χ3n) is 0.887. The Labute approximate surface area is 56.3 Å². The highest BCUT2D eigenvalue weighted by Crippen LogP contribution is 1.84. The molecule has 2 nitrogen and oxygen atoms in total. The SMILES string of the molecule is [B]c1cc([B])nc(N)c1. The number of anilines is 1. The minimum Gasteiger partial charge on any atom is -0.384 e. The number of pyridine rings is 1. The third kappa shape index (κ3) is 1.49. The fraction of sp³-hybridized carbons (Fsp3) is 0. The summed E-state index contributed by atoms with van der Waals surface area (Å²) < 4.78 is 0. The monoisotopic (exact) mass is 114 g/mol. The number of hydrogen-bond acceptors (Lipinski definition) is 2. The van der Waals surface area contributed by atoms with Gasteiger partial charge in [-0.15, -0.1) is 0 Å². The quantitative estimate of drug-likeness (QED) is 0.406. The van der Waals surface area contributed by atoms with E-state index >= 15 is 0 Å². The van der Waals surface area contributed by atoms with Crippen molar-refractivity contribution in [1.82, 2.24) is 4.98 Å². The van der Waals surface area contributed by atoms with Gasteiger partial charge in [-0.25, -0.2) is 4.98 Å². The molecule has 0 saturated carbocycles. The molecule has 0 atom stereocenters. The average Bonchev–Trinajstić information content (AvgIpc) is 1.59. The summed E-state index contributed by atoms with van der Waals surface area (Å²) in [5.74, 6) is 0.354. The Bertz CT molecular complexity index is 174. The van der Waals surface area contributed by atoms with Crippen molar-refractivity contribution in [2.75, 3.05) is 5.73 Å². The second kappa shape index (κ2) is 2.13. The fourth-order valence-corrected chi connectivity index (χ4v) is 0.597. The summed E-state index contributed by atoms with van der Waals surface area (Å²) in [7, 11) is 10.6. The maximum Gasteiger partial charge on any atom is 0.141 e. The molecule has 1 rings (SSSR count). The van der Waals surface area contributed by atoms with Crippen molar-refractivity contribution >= 4 is 32.6 Å². The number of nitrogens with zero attached hydrogens (tertiary/aromatic N) is 1. The van der Waals surface area contributed by atoms with E-state index in [1.807, 2.05) is 0 Å². The molecular formula is C5H4B2N2. The van der Waals surface area contributed by atoms with Crippen molar-refractivity contribution in [1.29, 1.82) is 0 Å². The average molecular weight is 114 g/mol. The van der Waals surface area contributed by atoms with E-state index in [1.165, 1.54) is 0 Å². The molecule has 0 aromatic carbocycles. The summed E-state index contributed by atoms with van der Waals surface area (Å²) in [5, 5.41) is 0. The van der Waals surface area contributed by atoms with Crippen molar-refractivity contribution in [2.24, 2.45) is 0 Å². The second-order valence-electron chi connectivity index (χ2n) is 1.75. The van der Waals surface area contributed by atoms with Crippen molar-refractivity contribution in [3.8, 4) is 0 Å². The first-order chi connectivity index (χ1) is 4.18. The predicted octanol–water partition coefficient (Wildman–Crippen LogP) is -1.75. The topological polar surface area (TPSA) is 38.9 Å². The number of nitrogen functional groups attached to an aromatic ring is 1. The van der Waals surface area contributed by atoms with Crippen LogP contribution < -0.4 is 16.8 Å². The Hall–Kier alpha value is -0.920. The van der Waals surface area contributed by atoms with Crippen LogP contribution in [0.5, 0.6) is 0 Å². The molecular weight excluding hydrogens is 110 g/mol. The van der Waals surface area contributed by atoms with Crippen molar-refractivity contribution in [3.05, 3.63) is 12.1 Å². The van der Waals surface area contributed by atoms with E-state index in [0.29, 0.717) is 16.9 Å². The van der Waals surface area contributed by atoms with Crippen molar-refractivity contribution in [2.45, 2.75) is 0 Å². The van der Waals surface area contributed by atoms with Crippen LogP contribution in [0.25, 0.3) is 0 Å². The number of nitrogens with two attached hydrogens (primary N) is 1. The van der Waals surface area contributed by atoms with Gasteiger partial charge in [-0.2, -0.15) is 0 Å². The largest absolute Gasteiger partial charge is 0.384 e. The molecule has 4 radical (unpaired) electrons. The molecule has 0 aliphatic carbocycles. The van der Waals surface area contributed by atoms with Crippen molar-refractivity contribution in [3.63, 3.8) is 0 Å². The van der Waals surface area contributed by atoms with Gasteiger partial charge in [0.1, 0.15) is 21.5 Å². The maximum atomic E-state index is 5.36. The van der Waals surface area contributed by atoms with Gasteiger partial charge in [0.25, 0.3) is 0 Å². The summed E-state index contributed by atoms with van der Waals surface area (Å²) in [6.07, 6.45) is 0. The van der Waals surface area contributed by atoms with E-state index in [2.05, 4.69) is 4.98 Å². The predicted molar refractivity (Wildman–Crippen MR) is 39.4 cm³/mol. The highest BCUT2D eigenvalue weighted by Gasteiger charge is 1.88. The molecule has 0 aliphatic heterocycles. The van der Waals surface area contributed by atoms with E-state index in [1.54, 1.807) is 12.1 Å². The Morgan fingerprint density at radius 1 is 1.33 bits per heavy atom. The molecule has 0 spiro atoms. The van der Waals surface area contributed by atoms with Gasteiger partial charge in [0.05, 0.1) is 0 Å². The van der Waals surface area contributed by atoms with Crippen LogP contribution in [0.3, 0.4) is 0 Å². The van der Waals surface area contributed by atoms with E-state index in [9.17, 15) is 0 Å². The number of rotatable bonds is 0. The number of hydrogen-bond donors (Lipinski definition) is 1. The van der Waals surface area contributed by atoms with Crippen LogP contribution in [0.1, 0.15) is 0 Å². The first kappa shape index (κ1) is 6.20. The van der Waals surface area contributed by atoms with Gasteiger partial charge >= 0.3 is 0 Å². The van der Waals surface area contributed by atoms with Crippen LogP contribution in [0.2, 0.25) is 0 Å². The van der Waals surface area contributed by atoms with Gasteiger partial charge in [-0.1, -0.05) is 11.5 Å². The Morgan fingerprint density at radius 2 is 2.00 bits per heavy atom. The van der Waals surface area contributed by atoms with Gasteiger partial charge in [0.2, 0.25) is 0 Å². The lowest BCUT2D eigenvalue weighted by molar-refractivity contribution is 1.41. The van der Waals surface area contributed by atoms with Crippen molar-refractivity contribution < 1.29 is 0 Å². The number of aromatic nitrogens is 1. The minimum absolute atomic E-state index is 0.354. The Kier molecular flexibility index (Phi) is 1.47. The smallest absolute Gasteiger partial charge is 0.141 e. The summed E-state index contributed by atoms with van der Waals surface area (Å²) in [4.78, 5) is 3.71. The zero-order valence-electron chi connectivity index (χ0n) is 4.83. The normalized spacial score (nSPS) is 9.33. The van der Waals surface area contributed by atoms with Crippen LogP contribution >= 0.6 is 0 Å². The molecule has 40 valence electrons. The molecule has 4 heteroatoms. The molecule has 0 unspecified atom stereocenters. The lowest BCUT2D eigenvalue weighted by Crippen LogP contribution is -2.18. The van der Waals surface area contributed by atoms with E-state index in [-0.39, 0.29) is 0 Å². The van der Waals surface area contributed by atoms with Crippen LogP contribution in [-0.2, 0) is 0 Å². The first-order valence-electron chi connectivity index (χ1n) is 2.47. The lowest BCUT2D eigenvalue weighted by atomic mass is 9.92. The lowest BCUT2D eigenvalue weighted by Gasteiger charge is -1.96. The van der Waals surface area contributed by atoms with Gasteiger partial charge in [0.15, 0.2) is 0 Å². The minimum atomic E-state index is 0.354. The van der Waals surface area contributed by atoms with Gasteiger partial charge in [-0.05, 0) is 11.7 Å². The molecule has 1 aromatic heterocycles. The molecule has 0 saturated heterocycles. The standard InChI is InChI=1S/C5H4B2N2/c6-3-1-4(7)9-5(8)2-3/h1-2H,(H2,8,9). The second-order valence-corrected chi connectivity index (χ2v) is 1.75. The molecule has 0 amide bonds. The molecule has 2 N–H and O–H groups in total. The molecule has 1 aromatic rings. The van der Waals surface area contributed by atoms with E-state index in [4.69, 9.17) is 21.4 Å². The third-order valence-corrected chi connectivity index (χ3v) is 0.887.